The van der Waals surface area contributed by atoms with Crippen LogP contribution in [0.1, 0.15) is 0 Å². The Bertz CT molecular complexity index is 3150. The van der Waals surface area contributed by atoms with E-state index in [9.17, 15) is 0 Å². The summed E-state index contributed by atoms with van der Waals surface area (Å²) in [6.45, 7) is 0. The number of para-hydroxylation sites is 1. The van der Waals surface area contributed by atoms with Gasteiger partial charge in [0.15, 0.2) is 0 Å². The second kappa shape index (κ2) is 10.6. The number of rotatable bonds is 3. The van der Waals surface area contributed by atoms with Crippen molar-refractivity contribution < 1.29 is 0 Å². The molecule has 232 valence electrons. The third-order valence-electron chi connectivity index (χ3n) is 10.2. The number of nitrogens with zero attached hydrogens (tertiary/aromatic N) is 3. The van der Waals surface area contributed by atoms with E-state index < -0.39 is 0 Å². The Balaban J connectivity index is 1.34. The quantitative estimate of drug-likeness (QED) is 0.178. The third-order valence-corrected chi connectivity index (χ3v) is 11.3. The summed E-state index contributed by atoms with van der Waals surface area (Å²) in [6, 6.07) is 58.9. The summed E-state index contributed by atoms with van der Waals surface area (Å²) < 4.78 is 4.91. The maximum Gasteiger partial charge on any atom is 0.235 e. The van der Waals surface area contributed by atoms with Crippen molar-refractivity contribution in [1.82, 2.24) is 14.5 Å². The minimum absolute atomic E-state index is 0.665. The van der Waals surface area contributed by atoms with Crippen LogP contribution in [0.15, 0.2) is 164 Å². The van der Waals surface area contributed by atoms with Crippen LogP contribution in [0.2, 0.25) is 0 Å². The zero-order valence-electron chi connectivity index (χ0n) is 26.8. The van der Waals surface area contributed by atoms with Gasteiger partial charge >= 0.3 is 0 Å². The SMILES string of the molecule is c1ccc(-c2nc(-n3c4cc5ccccc5cc4c4cccc(-c5cccc6sc7ccccc7c56)c43)nc3c2ccc2ccccc23)cc1. The molecule has 4 heteroatoms. The third kappa shape index (κ3) is 3.97. The van der Waals surface area contributed by atoms with Crippen LogP contribution in [0, 0.1) is 0 Å². The Labute approximate surface area is 291 Å². The molecular formula is C46H27N3S. The smallest absolute Gasteiger partial charge is 0.235 e. The first-order valence-corrected chi connectivity index (χ1v) is 17.7. The number of thiophene rings is 1. The van der Waals surface area contributed by atoms with Crippen LogP contribution >= 0.6 is 11.3 Å². The Morgan fingerprint density at radius 3 is 2.00 bits per heavy atom. The molecule has 0 N–H and O–H groups in total. The number of hydrogen-bond acceptors (Lipinski definition) is 3. The van der Waals surface area contributed by atoms with Gasteiger partial charge in [-0.25, -0.2) is 9.97 Å². The summed E-state index contributed by atoms with van der Waals surface area (Å²) in [5.41, 5.74) is 7.53. The molecule has 50 heavy (non-hydrogen) atoms. The first-order valence-electron chi connectivity index (χ1n) is 16.9. The second-order valence-electron chi connectivity index (χ2n) is 13.0. The fraction of sp³-hybridized carbons (Fsp3) is 0. The van der Waals surface area contributed by atoms with Crippen molar-refractivity contribution >= 4 is 85.8 Å². The molecule has 0 fully saturated rings. The summed E-state index contributed by atoms with van der Waals surface area (Å²) in [4.78, 5) is 11.0. The summed E-state index contributed by atoms with van der Waals surface area (Å²) in [7, 11) is 0. The van der Waals surface area contributed by atoms with Crippen LogP contribution in [0.3, 0.4) is 0 Å². The molecule has 3 nitrogen and oxygen atoms in total. The summed E-state index contributed by atoms with van der Waals surface area (Å²) >= 11 is 1.85. The molecule has 0 saturated heterocycles. The van der Waals surface area contributed by atoms with E-state index in [2.05, 4.69) is 168 Å². The van der Waals surface area contributed by atoms with Crippen molar-refractivity contribution in [3.05, 3.63) is 164 Å². The van der Waals surface area contributed by atoms with E-state index in [1.165, 1.54) is 52.8 Å². The van der Waals surface area contributed by atoms with Crippen LogP contribution < -0.4 is 0 Å². The van der Waals surface area contributed by atoms with Gasteiger partial charge in [-0.3, -0.25) is 4.57 Å². The first kappa shape index (κ1) is 27.6. The summed E-state index contributed by atoms with van der Waals surface area (Å²) in [5.74, 6) is 0.665. The highest BCUT2D eigenvalue weighted by atomic mass is 32.1. The van der Waals surface area contributed by atoms with Crippen molar-refractivity contribution in [2.24, 2.45) is 0 Å². The van der Waals surface area contributed by atoms with E-state index in [0.29, 0.717) is 5.95 Å². The Kier molecular flexibility index (Phi) is 5.83. The lowest BCUT2D eigenvalue weighted by atomic mass is 9.97. The van der Waals surface area contributed by atoms with E-state index in [1.807, 2.05) is 11.3 Å². The van der Waals surface area contributed by atoms with Gasteiger partial charge in [-0.2, -0.15) is 0 Å². The standard InChI is InChI=1S/C46H27N3S/c1-2-13-29(14-3-1)43-37-25-24-28-12-6-7-17-32(28)44(37)48-46(47-43)49-39-27-31-16-5-4-15-30(31)26-38(39)35-21-10-20-34(45(35)49)33-19-11-23-41-42(33)36-18-8-9-22-40(36)50-41/h1-27H. The minimum Gasteiger partial charge on any atom is -0.277 e. The van der Waals surface area contributed by atoms with E-state index in [4.69, 9.17) is 9.97 Å². The van der Waals surface area contributed by atoms with Crippen molar-refractivity contribution in [3.63, 3.8) is 0 Å². The molecule has 0 aliphatic heterocycles. The van der Waals surface area contributed by atoms with E-state index >= 15 is 0 Å². The monoisotopic (exact) mass is 653 g/mol. The van der Waals surface area contributed by atoms with Crippen molar-refractivity contribution in [2.45, 2.75) is 0 Å². The van der Waals surface area contributed by atoms with E-state index in [1.54, 1.807) is 0 Å². The van der Waals surface area contributed by atoms with Gasteiger partial charge in [-0.15, -0.1) is 11.3 Å². The maximum atomic E-state index is 5.50. The molecule has 0 aliphatic carbocycles. The van der Waals surface area contributed by atoms with Gasteiger partial charge in [0.2, 0.25) is 5.95 Å². The average molecular weight is 654 g/mol. The highest BCUT2D eigenvalue weighted by molar-refractivity contribution is 7.25. The highest BCUT2D eigenvalue weighted by Gasteiger charge is 2.22. The molecule has 8 aromatic carbocycles. The van der Waals surface area contributed by atoms with Crippen LogP contribution in [-0.4, -0.2) is 14.5 Å². The lowest BCUT2D eigenvalue weighted by Gasteiger charge is -2.15. The molecule has 0 amide bonds. The fourth-order valence-electron chi connectivity index (χ4n) is 7.94. The first-order chi connectivity index (χ1) is 24.8. The Hall–Kier alpha value is -6.36. The average Bonchev–Trinajstić information content (AvgIpc) is 3.72. The largest absolute Gasteiger partial charge is 0.277 e. The zero-order chi connectivity index (χ0) is 32.8. The van der Waals surface area contributed by atoms with Gasteiger partial charge in [0.05, 0.1) is 22.2 Å². The molecule has 11 aromatic rings. The molecule has 0 spiro atoms. The molecular weight excluding hydrogens is 627 g/mol. The summed E-state index contributed by atoms with van der Waals surface area (Å²) in [5, 5.41) is 10.7. The zero-order valence-corrected chi connectivity index (χ0v) is 27.7. The molecule has 0 unspecified atom stereocenters. The molecule has 0 saturated carbocycles. The normalized spacial score (nSPS) is 12.0. The van der Waals surface area contributed by atoms with Gasteiger partial charge in [-0.1, -0.05) is 133 Å². The van der Waals surface area contributed by atoms with Gasteiger partial charge < -0.3 is 0 Å². The van der Waals surface area contributed by atoms with Gasteiger partial charge in [0.25, 0.3) is 0 Å². The predicted molar refractivity (Wildman–Crippen MR) is 213 cm³/mol. The van der Waals surface area contributed by atoms with E-state index in [0.717, 1.165) is 44.0 Å². The molecule has 3 aromatic heterocycles. The second-order valence-corrected chi connectivity index (χ2v) is 14.0. The van der Waals surface area contributed by atoms with Crippen LogP contribution in [0.5, 0.6) is 0 Å². The molecule has 0 bridgehead atoms. The van der Waals surface area contributed by atoms with Gasteiger partial charge in [0, 0.05) is 52.8 Å². The fourth-order valence-corrected chi connectivity index (χ4v) is 9.08. The van der Waals surface area contributed by atoms with Crippen molar-refractivity contribution in [3.8, 4) is 28.3 Å². The predicted octanol–water partition coefficient (Wildman–Crippen LogP) is 12.7. The molecule has 0 radical (unpaired) electrons. The van der Waals surface area contributed by atoms with Crippen LogP contribution in [0.25, 0.3) is 103 Å². The number of hydrogen-bond donors (Lipinski definition) is 0. The molecule has 11 rings (SSSR count). The van der Waals surface area contributed by atoms with Crippen LogP contribution in [-0.2, 0) is 0 Å². The summed E-state index contributed by atoms with van der Waals surface area (Å²) in [6.07, 6.45) is 0. The Morgan fingerprint density at radius 2 is 1.12 bits per heavy atom. The number of aromatic nitrogens is 3. The Morgan fingerprint density at radius 1 is 0.440 bits per heavy atom. The topological polar surface area (TPSA) is 30.7 Å². The number of fused-ring (bicyclic) bond motifs is 10. The van der Waals surface area contributed by atoms with Crippen molar-refractivity contribution in [1.29, 1.82) is 0 Å². The number of benzene rings is 8. The molecule has 3 heterocycles. The molecule has 0 atom stereocenters. The lowest BCUT2D eigenvalue weighted by molar-refractivity contribution is 1.02. The highest BCUT2D eigenvalue weighted by Crippen LogP contribution is 2.45. The van der Waals surface area contributed by atoms with E-state index in [-0.39, 0.29) is 0 Å². The lowest BCUT2D eigenvalue weighted by Crippen LogP contribution is -2.04. The minimum atomic E-state index is 0.665. The van der Waals surface area contributed by atoms with Gasteiger partial charge in [-0.05, 0) is 52.1 Å². The van der Waals surface area contributed by atoms with Gasteiger partial charge in [0.1, 0.15) is 0 Å². The van der Waals surface area contributed by atoms with Crippen molar-refractivity contribution in [2.75, 3.05) is 0 Å². The van der Waals surface area contributed by atoms with Crippen LogP contribution in [0.4, 0.5) is 0 Å². The molecule has 0 aliphatic rings. The maximum absolute atomic E-state index is 5.50.